The molecule has 1 aliphatic heterocycles. The summed E-state index contributed by atoms with van der Waals surface area (Å²) < 4.78 is 11.1. The van der Waals surface area contributed by atoms with Crippen molar-refractivity contribution in [3.05, 3.63) is 30.0 Å². The SMILES string of the molecule is CCCCC[C@H](CN(O)C=O)C(=O)N(N)C1CCN(C(=O)c2cc3cccc(OC)c3o2)CC1. The summed E-state index contributed by atoms with van der Waals surface area (Å²) in [5.74, 6) is 5.91. The number of amides is 3. The Morgan fingerprint density at radius 3 is 2.71 bits per heavy atom. The average molecular weight is 475 g/mol. The minimum absolute atomic E-state index is 0.0907. The van der Waals surface area contributed by atoms with E-state index in [2.05, 4.69) is 6.92 Å². The van der Waals surface area contributed by atoms with Gasteiger partial charge in [-0.15, -0.1) is 0 Å². The lowest BCUT2D eigenvalue weighted by molar-refractivity contribution is -0.158. The number of carbonyl (C=O) groups is 3. The molecule has 0 saturated carbocycles. The minimum Gasteiger partial charge on any atom is -0.493 e. The standard InChI is InChI=1S/C24H34N4O6/c1-3-4-5-7-18(15-27(32)16-29)23(30)28(25)19-10-12-26(13-11-19)24(31)21-14-17-8-6-9-20(33-2)22(17)34-21/h6,8-9,14,16,18-19,32H,3-5,7,10-13,15,25H2,1-2H3/t18-/m1/s1. The molecule has 3 amide bonds. The Kier molecular flexibility index (Phi) is 8.89. The van der Waals surface area contributed by atoms with E-state index < -0.39 is 5.92 Å². The fourth-order valence-electron chi connectivity index (χ4n) is 4.40. The molecule has 1 aromatic carbocycles. The first-order valence-corrected chi connectivity index (χ1v) is 11.7. The summed E-state index contributed by atoms with van der Waals surface area (Å²) in [6.07, 6.45) is 4.63. The number of methoxy groups -OCH3 is 1. The van der Waals surface area contributed by atoms with Gasteiger partial charge in [0.2, 0.25) is 12.3 Å². The van der Waals surface area contributed by atoms with Crippen LogP contribution in [0.25, 0.3) is 11.0 Å². The molecule has 3 rings (SSSR count). The van der Waals surface area contributed by atoms with Crippen LogP contribution in [-0.4, -0.2) is 71.2 Å². The number of hydrazine groups is 1. The normalized spacial score (nSPS) is 15.2. The highest BCUT2D eigenvalue weighted by Crippen LogP contribution is 2.29. The van der Waals surface area contributed by atoms with Crippen molar-refractivity contribution in [2.75, 3.05) is 26.7 Å². The minimum atomic E-state index is -0.572. The van der Waals surface area contributed by atoms with Crippen LogP contribution in [0.2, 0.25) is 0 Å². The van der Waals surface area contributed by atoms with Crippen molar-refractivity contribution in [1.82, 2.24) is 15.0 Å². The molecule has 1 saturated heterocycles. The Morgan fingerprint density at radius 1 is 1.32 bits per heavy atom. The summed E-state index contributed by atoms with van der Waals surface area (Å²) in [4.78, 5) is 38.6. The molecular formula is C24H34N4O6. The highest BCUT2D eigenvalue weighted by molar-refractivity contribution is 5.97. The molecule has 1 aliphatic rings. The van der Waals surface area contributed by atoms with Crippen LogP contribution < -0.4 is 10.6 Å². The molecule has 1 atom stereocenters. The molecule has 0 bridgehead atoms. The summed E-state index contributed by atoms with van der Waals surface area (Å²) >= 11 is 0. The van der Waals surface area contributed by atoms with Gasteiger partial charge in [0.15, 0.2) is 17.1 Å². The van der Waals surface area contributed by atoms with Crippen molar-refractivity contribution in [3.63, 3.8) is 0 Å². The molecule has 186 valence electrons. The Labute approximate surface area is 199 Å². The van der Waals surface area contributed by atoms with E-state index in [-0.39, 0.29) is 30.2 Å². The number of unbranched alkanes of at least 4 members (excludes halogenated alkanes) is 2. The van der Waals surface area contributed by atoms with Gasteiger partial charge < -0.3 is 14.1 Å². The fourth-order valence-corrected chi connectivity index (χ4v) is 4.40. The second-order valence-corrected chi connectivity index (χ2v) is 8.68. The predicted molar refractivity (Wildman–Crippen MR) is 125 cm³/mol. The topological polar surface area (TPSA) is 130 Å². The number of benzene rings is 1. The van der Waals surface area contributed by atoms with Crippen LogP contribution in [0.3, 0.4) is 0 Å². The van der Waals surface area contributed by atoms with E-state index >= 15 is 0 Å². The first-order valence-electron chi connectivity index (χ1n) is 11.7. The number of hydrogen-bond acceptors (Lipinski definition) is 7. The number of hydrogen-bond donors (Lipinski definition) is 2. The molecular weight excluding hydrogens is 440 g/mol. The van der Waals surface area contributed by atoms with Gasteiger partial charge in [-0.25, -0.2) is 10.9 Å². The lowest BCUT2D eigenvalue weighted by Crippen LogP contribution is -2.54. The van der Waals surface area contributed by atoms with Gasteiger partial charge in [-0.1, -0.05) is 38.3 Å². The summed E-state index contributed by atoms with van der Waals surface area (Å²) in [7, 11) is 1.55. The second kappa shape index (κ2) is 11.8. The molecule has 10 heteroatoms. The molecule has 10 nitrogen and oxygen atoms in total. The largest absolute Gasteiger partial charge is 0.493 e. The van der Waals surface area contributed by atoms with Gasteiger partial charge in [-0.2, -0.15) is 0 Å². The molecule has 1 aromatic heterocycles. The first kappa shape index (κ1) is 25.5. The van der Waals surface area contributed by atoms with Crippen LogP contribution in [0.1, 0.15) is 56.0 Å². The maximum absolute atomic E-state index is 13.0. The summed E-state index contributed by atoms with van der Waals surface area (Å²) in [6, 6.07) is 6.95. The van der Waals surface area contributed by atoms with E-state index in [1.165, 1.54) is 5.01 Å². The van der Waals surface area contributed by atoms with E-state index in [0.717, 1.165) is 24.6 Å². The molecule has 2 aromatic rings. The highest BCUT2D eigenvalue weighted by atomic mass is 16.5. The number of piperidine rings is 1. The average Bonchev–Trinajstić information content (AvgIpc) is 3.31. The number of furan rings is 1. The van der Waals surface area contributed by atoms with Gasteiger partial charge in [0.1, 0.15) is 0 Å². The van der Waals surface area contributed by atoms with E-state index in [1.807, 2.05) is 12.1 Å². The van der Waals surface area contributed by atoms with Crippen LogP contribution in [0, 0.1) is 5.92 Å². The smallest absolute Gasteiger partial charge is 0.289 e. The number of hydroxylamine groups is 2. The Morgan fingerprint density at radius 2 is 2.06 bits per heavy atom. The van der Waals surface area contributed by atoms with Crippen molar-refractivity contribution in [2.45, 2.75) is 51.5 Å². The number of nitrogens with zero attached hydrogens (tertiary/aromatic N) is 3. The molecule has 0 radical (unpaired) electrons. The number of likely N-dealkylation sites (tertiary alicyclic amines) is 1. The quantitative estimate of drug-likeness (QED) is 0.128. The molecule has 0 unspecified atom stereocenters. The lowest BCUT2D eigenvalue weighted by atomic mass is 9.97. The number of carbonyl (C=O) groups excluding carboxylic acids is 3. The third-order valence-electron chi connectivity index (χ3n) is 6.37. The molecule has 1 fully saturated rings. The number of rotatable bonds is 11. The van der Waals surface area contributed by atoms with Gasteiger partial charge in [0.25, 0.3) is 5.91 Å². The Bertz CT molecular complexity index is 985. The fraction of sp³-hybridized carbons (Fsp3) is 0.542. The van der Waals surface area contributed by atoms with E-state index in [4.69, 9.17) is 15.0 Å². The highest BCUT2D eigenvalue weighted by Gasteiger charge is 2.33. The lowest BCUT2D eigenvalue weighted by Gasteiger charge is -2.37. The van der Waals surface area contributed by atoms with Gasteiger partial charge in [-0.05, 0) is 31.4 Å². The van der Waals surface area contributed by atoms with E-state index in [0.29, 0.717) is 55.2 Å². The predicted octanol–water partition coefficient (Wildman–Crippen LogP) is 2.79. The molecule has 34 heavy (non-hydrogen) atoms. The summed E-state index contributed by atoms with van der Waals surface area (Å²) in [5, 5.41) is 12.1. The van der Waals surface area contributed by atoms with Crippen molar-refractivity contribution < 1.29 is 28.7 Å². The summed E-state index contributed by atoms with van der Waals surface area (Å²) in [6.45, 7) is 2.83. The maximum Gasteiger partial charge on any atom is 0.289 e. The third kappa shape index (κ3) is 5.87. The Balaban J connectivity index is 1.60. The number of nitrogens with two attached hydrogens (primary N) is 1. The Hall–Kier alpha value is -3.11. The van der Waals surface area contributed by atoms with Crippen molar-refractivity contribution in [2.24, 2.45) is 11.8 Å². The first-order chi connectivity index (χ1) is 16.4. The maximum atomic E-state index is 13.0. The zero-order valence-electron chi connectivity index (χ0n) is 19.8. The van der Waals surface area contributed by atoms with Crippen molar-refractivity contribution in [3.8, 4) is 5.75 Å². The monoisotopic (exact) mass is 474 g/mol. The number of fused-ring (bicyclic) bond motifs is 1. The van der Waals surface area contributed by atoms with Crippen LogP contribution >= 0.6 is 0 Å². The third-order valence-corrected chi connectivity index (χ3v) is 6.37. The molecule has 2 heterocycles. The number of ether oxygens (including phenoxy) is 1. The molecule has 0 spiro atoms. The van der Waals surface area contributed by atoms with E-state index in [1.54, 1.807) is 24.1 Å². The number of para-hydroxylation sites is 1. The van der Waals surface area contributed by atoms with Gasteiger partial charge in [0.05, 0.1) is 25.6 Å². The summed E-state index contributed by atoms with van der Waals surface area (Å²) in [5.41, 5.74) is 0.532. The van der Waals surface area contributed by atoms with Crippen LogP contribution in [0.4, 0.5) is 0 Å². The van der Waals surface area contributed by atoms with Gasteiger partial charge in [-0.3, -0.25) is 24.6 Å². The van der Waals surface area contributed by atoms with Crippen LogP contribution in [-0.2, 0) is 9.59 Å². The second-order valence-electron chi connectivity index (χ2n) is 8.68. The van der Waals surface area contributed by atoms with Crippen LogP contribution in [0.15, 0.2) is 28.7 Å². The van der Waals surface area contributed by atoms with Crippen molar-refractivity contribution >= 4 is 29.2 Å². The molecule has 3 N–H and O–H groups in total. The van der Waals surface area contributed by atoms with Gasteiger partial charge >= 0.3 is 0 Å². The van der Waals surface area contributed by atoms with Crippen LogP contribution in [0.5, 0.6) is 5.75 Å². The van der Waals surface area contributed by atoms with Gasteiger partial charge in [0, 0.05) is 18.5 Å². The van der Waals surface area contributed by atoms with Crippen molar-refractivity contribution in [1.29, 1.82) is 0 Å². The zero-order valence-corrected chi connectivity index (χ0v) is 19.8. The zero-order chi connectivity index (χ0) is 24.7. The van der Waals surface area contributed by atoms with E-state index in [9.17, 15) is 19.6 Å². The molecule has 0 aliphatic carbocycles.